The summed E-state index contributed by atoms with van der Waals surface area (Å²) in [6, 6.07) is 3.16. The second kappa shape index (κ2) is 5.22. The Hall–Kier alpha value is -1.33. The molecule has 1 heterocycles. The summed E-state index contributed by atoms with van der Waals surface area (Å²) in [5, 5.41) is 2.99. The molecule has 5 heteroatoms. The molecule has 1 aromatic heterocycles. The molecule has 1 unspecified atom stereocenters. The summed E-state index contributed by atoms with van der Waals surface area (Å²) in [6.45, 7) is 0. The first-order valence-corrected chi connectivity index (χ1v) is 7.35. The Morgan fingerprint density at radius 2 is 1.80 bits per heavy atom. The van der Waals surface area contributed by atoms with Crippen LogP contribution in [0.2, 0.25) is 0 Å². The lowest BCUT2D eigenvalue weighted by molar-refractivity contribution is 0.484. The molecule has 0 amide bonds. The molecular formula is C15H14F3NS. The van der Waals surface area contributed by atoms with Gasteiger partial charge in [0.2, 0.25) is 0 Å². The Morgan fingerprint density at radius 3 is 2.50 bits per heavy atom. The number of hydrogen-bond acceptors (Lipinski definition) is 2. The van der Waals surface area contributed by atoms with Gasteiger partial charge in [0, 0.05) is 21.4 Å². The van der Waals surface area contributed by atoms with Crippen LogP contribution in [-0.2, 0) is 12.8 Å². The maximum atomic E-state index is 13.9. The quantitative estimate of drug-likeness (QED) is 0.846. The molecule has 0 spiro atoms. The minimum Gasteiger partial charge on any atom is -0.309 e. The number of fused-ring (bicyclic) bond motifs is 1. The van der Waals surface area contributed by atoms with Gasteiger partial charge in [-0.2, -0.15) is 0 Å². The molecule has 0 saturated carbocycles. The van der Waals surface area contributed by atoms with Crippen LogP contribution in [0.3, 0.4) is 0 Å². The van der Waals surface area contributed by atoms with Crippen LogP contribution < -0.4 is 5.32 Å². The Balaban J connectivity index is 2.03. The van der Waals surface area contributed by atoms with Gasteiger partial charge in [0.05, 0.1) is 6.04 Å². The topological polar surface area (TPSA) is 12.0 Å². The Morgan fingerprint density at radius 1 is 1.05 bits per heavy atom. The average Bonchev–Trinajstić information content (AvgIpc) is 2.97. The van der Waals surface area contributed by atoms with Crippen LogP contribution in [0, 0.1) is 17.5 Å². The van der Waals surface area contributed by atoms with Gasteiger partial charge in [0.1, 0.15) is 5.82 Å². The molecule has 1 N–H and O–H groups in total. The highest BCUT2D eigenvalue weighted by Crippen LogP contribution is 2.36. The monoisotopic (exact) mass is 297 g/mol. The third kappa shape index (κ3) is 2.25. The first-order valence-electron chi connectivity index (χ1n) is 6.53. The van der Waals surface area contributed by atoms with Crippen molar-refractivity contribution in [1.82, 2.24) is 5.32 Å². The van der Waals surface area contributed by atoms with Gasteiger partial charge in [0.15, 0.2) is 11.6 Å². The Kier molecular flexibility index (Phi) is 3.56. The van der Waals surface area contributed by atoms with Crippen LogP contribution in [0.4, 0.5) is 13.2 Å². The summed E-state index contributed by atoms with van der Waals surface area (Å²) in [5.41, 5.74) is 1.44. The van der Waals surface area contributed by atoms with Crippen molar-refractivity contribution in [1.29, 1.82) is 0 Å². The van der Waals surface area contributed by atoms with Crippen molar-refractivity contribution >= 4 is 11.3 Å². The van der Waals surface area contributed by atoms with E-state index in [2.05, 4.69) is 11.4 Å². The molecule has 3 rings (SSSR count). The van der Waals surface area contributed by atoms with E-state index in [0.29, 0.717) is 6.07 Å². The fraction of sp³-hybridized carbons (Fsp3) is 0.333. The van der Waals surface area contributed by atoms with Crippen molar-refractivity contribution in [3.05, 3.63) is 56.5 Å². The number of thiophene rings is 1. The molecule has 0 aliphatic heterocycles. The lowest BCUT2D eigenvalue weighted by atomic mass is 10.0. The zero-order chi connectivity index (χ0) is 14.3. The van der Waals surface area contributed by atoms with Crippen molar-refractivity contribution < 1.29 is 13.2 Å². The Bertz CT molecular complexity index is 629. The van der Waals surface area contributed by atoms with Gasteiger partial charge in [0.25, 0.3) is 0 Å². The fourth-order valence-corrected chi connectivity index (χ4v) is 4.09. The summed E-state index contributed by atoms with van der Waals surface area (Å²) in [4.78, 5) is 2.27. The van der Waals surface area contributed by atoms with Crippen molar-refractivity contribution in [2.24, 2.45) is 0 Å². The second-order valence-corrected chi connectivity index (χ2v) is 6.13. The van der Waals surface area contributed by atoms with Crippen molar-refractivity contribution in [2.45, 2.75) is 25.3 Å². The van der Waals surface area contributed by atoms with E-state index in [-0.39, 0.29) is 5.56 Å². The summed E-state index contributed by atoms with van der Waals surface area (Å²) in [6.07, 6.45) is 3.25. The largest absolute Gasteiger partial charge is 0.309 e. The van der Waals surface area contributed by atoms with Gasteiger partial charge >= 0.3 is 0 Å². The highest BCUT2D eigenvalue weighted by molar-refractivity contribution is 7.12. The minimum atomic E-state index is -1.16. The average molecular weight is 297 g/mol. The number of nitrogens with one attached hydrogen (secondary N) is 1. The molecule has 1 aliphatic rings. The van der Waals surface area contributed by atoms with Crippen LogP contribution in [0.5, 0.6) is 0 Å². The highest BCUT2D eigenvalue weighted by atomic mass is 32.1. The molecule has 20 heavy (non-hydrogen) atoms. The molecular weight excluding hydrogens is 283 g/mol. The SMILES string of the molecule is CNC(c1cc2c(s1)CCC2)c1cc(F)c(F)cc1F. The molecule has 0 radical (unpaired) electrons. The number of hydrogen-bond donors (Lipinski definition) is 1. The summed E-state index contributed by atoms with van der Waals surface area (Å²) in [7, 11) is 1.69. The summed E-state index contributed by atoms with van der Waals surface area (Å²) < 4.78 is 40.3. The zero-order valence-corrected chi connectivity index (χ0v) is 11.8. The predicted molar refractivity (Wildman–Crippen MR) is 73.6 cm³/mol. The smallest absolute Gasteiger partial charge is 0.161 e. The third-order valence-electron chi connectivity index (χ3n) is 3.69. The van der Waals surface area contributed by atoms with E-state index in [1.807, 2.05) is 0 Å². The van der Waals surface area contributed by atoms with Gasteiger partial charge in [-0.1, -0.05) is 0 Å². The van der Waals surface area contributed by atoms with Gasteiger partial charge in [-0.15, -0.1) is 11.3 Å². The lowest BCUT2D eigenvalue weighted by Gasteiger charge is -2.16. The van der Waals surface area contributed by atoms with Gasteiger partial charge in [-0.05, 0) is 44.0 Å². The van der Waals surface area contributed by atoms with Gasteiger partial charge in [-0.25, -0.2) is 13.2 Å². The van der Waals surface area contributed by atoms with E-state index in [1.165, 1.54) is 10.4 Å². The first kappa shape index (κ1) is 13.6. The number of benzene rings is 1. The summed E-state index contributed by atoms with van der Waals surface area (Å²) >= 11 is 1.62. The molecule has 0 saturated heterocycles. The maximum absolute atomic E-state index is 13.9. The minimum absolute atomic E-state index is 0.145. The number of aryl methyl sites for hydroxylation is 2. The van der Waals surface area contributed by atoms with Crippen LogP contribution in [0.25, 0.3) is 0 Å². The maximum Gasteiger partial charge on any atom is 0.161 e. The highest BCUT2D eigenvalue weighted by Gasteiger charge is 2.23. The normalized spacial score (nSPS) is 15.4. The molecule has 2 aromatic rings. The molecule has 1 atom stereocenters. The van der Waals surface area contributed by atoms with Crippen molar-refractivity contribution in [3.8, 4) is 0 Å². The van der Waals surface area contributed by atoms with Crippen LogP contribution in [0.1, 0.15) is 33.3 Å². The third-order valence-corrected chi connectivity index (χ3v) is 4.99. The van der Waals surface area contributed by atoms with E-state index >= 15 is 0 Å². The molecule has 1 nitrogen and oxygen atoms in total. The zero-order valence-electron chi connectivity index (χ0n) is 11.0. The molecule has 0 fully saturated rings. The van der Waals surface area contributed by atoms with Crippen LogP contribution in [0.15, 0.2) is 18.2 Å². The van der Waals surface area contributed by atoms with E-state index in [4.69, 9.17) is 0 Å². The predicted octanol–water partition coefficient (Wildman–Crippen LogP) is 3.96. The molecule has 1 aliphatic carbocycles. The summed E-state index contributed by atoms with van der Waals surface area (Å²) in [5.74, 6) is -2.91. The van der Waals surface area contributed by atoms with Crippen molar-refractivity contribution in [3.63, 3.8) is 0 Å². The van der Waals surface area contributed by atoms with Gasteiger partial charge < -0.3 is 5.32 Å². The molecule has 1 aromatic carbocycles. The van der Waals surface area contributed by atoms with Crippen LogP contribution >= 0.6 is 11.3 Å². The van der Waals surface area contributed by atoms with Crippen LogP contribution in [-0.4, -0.2) is 7.05 Å². The van der Waals surface area contributed by atoms with E-state index in [9.17, 15) is 13.2 Å². The van der Waals surface area contributed by atoms with Crippen molar-refractivity contribution in [2.75, 3.05) is 7.05 Å². The number of halogens is 3. The van der Waals surface area contributed by atoms with Gasteiger partial charge in [-0.3, -0.25) is 0 Å². The van der Waals surface area contributed by atoms with E-state index in [0.717, 1.165) is 30.2 Å². The fourth-order valence-electron chi connectivity index (χ4n) is 2.70. The standard InChI is InChI=1S/C15H14F3NS/c1-19-15(9-6-11(17)12(18)7-10(9)16)14-5-8-3-2-4-13(8)20-14/h5-7,15,19H,2-4H2,1H3. The van der Waals surface area contributed by atoms with E-state index < -0.39 is 23.5 Å². The molecule has 0 bridgehead atoms. The van der Waals surface area contributed by atoms with E-state index in [1.54, 1.807) is 18.4 Å². The second-order valence-electron chi connectivity index (χ2n) is 4.96. The lowest BCUT2D eigenvalue weighted by Crippen LogP contribution is -2.18. The number of rotatable bonds is 3. The first-order chi connectivity index (χ1) is 9.60. The Labute approximate surface area is 119 Å². The molecule has 106 valence electrons.